The summed E-state index contributed by atoms with van der Waals surface area (Å²) in [5.74, 6) is 0.285. The van der Waals surface area contributed by atoms with Crippen molar-refractivity contribution in [2.45, 2.75) is 67.2 Å². The number of carbonyl (C=O) groups is 5. The summed E-state index contributed by atoms with van der Waals surface area (Å²) in [6.07, 6.45) is 5.82. The first-order valence-corrected chi connectivity index (χ1v) is 15.3. The van der Waals surface area contributed by atoms with E-state index in [1.165, 1.54) is 35.9 Å². The number of aromatic nitrogens is 1. The minimum atomic E-state index is -1.00. The van der Waals surface area contributed by atoms with Gasteiger partial charge in [0.2, 0.25) is 16.8 Å². The molecular formula is C28H25N3O6S2. The number of benzene rings is 1. The average molecular weight is 564 g/mol. The number of piperidine rings is 1. The Morgan fingerprint density at radius 2 is 1.92 bits per heavy atom. The highest BCUT2D eigenvalue weighted by Gasteiger charge is 2.78. The molecule has 4 aliphatic carbocycles. The SMILES string of the molecule is O=C1CCC(N2C(=O)c3cccc(SCc4csc(C(=O)OC56CC7CC8CC(C5)C87C6)n4)c3C2=O)C(=O)N1. The van der Waals surface area contributed by atoms with E-state index in [9.17, 15) is 24.0 Å². The molecule has 4 amide bonds. The topological polar surface area (TPSA) is 123 Å². The standard InChI is InChI=1S/C28H25N3O6S2/c32-20-5-4-18(22(33)30-20)31-24(34)17-2-1-3-19(21(17)25(31)35)38-10-16-11-39-23(29-16)26(36)37-27-8-14-6-13-7-15(9-27)28(13,14)12-27/h1-3,11,13-15,18H,4-10,12H2,(H,30,32,33). The van der Waals surface area contributed by atoms with Crippen molar-refractivity contribution in [1.29, 1.82) is 0 Å². The molecule has 1 aromatic heterocycles. The first-order chi connectivity index (χ1) is 18.8. The summed E-state index contributed by atoms with van der Waals surface area (Å²) in [5, 5.41) is 4.39. The fraction of sp³-hybridized carbons (Fsp3) is 0.500. The molecule has 4 saturated carbocycles. The highest BCUT2D eigenvalue weighted by atomic mass is 32.2. The van der Waals surface area contributed by atoms with Gasteiger partial charge in [0.15, 0.2) is 0 Å². The maximum Gasteiger partial charge on any atom is 0.367 e. The number of fused-ring (bicyclic) bond motifs is 2. The largest absolute Gasteiger partial charge is 0.454 e. The second-order valence-electron chi connectivity index (χ2n) is 11.9. The Morgan fingerprint density at radius 1 is 1.13 bits per heavy atom. The van der Waals surface area contributed by atoms with E-state index >= 15 is 0 Å². The van der Waals surface area contributed by atoms with Crippen molar-refractivity contribution in [3.63, 3.8) is 0 Å². The van der Waals surface area contributed by atoms with E-state index in [0.29, 0.717) is 26.8 Å². The van der Waals surface area contributed by atoms with Gasteiger partial charge in [-0.05, 0) is 73.8 Å². The minimum Gasteiger partial charge on any atom is -0.454 e. The number of esters is 1. The molecular weight excluding hydrogens is 538 g/mol. The zero-order valence-electron chi connectivity index (χ0n) is 20.9. The average Bonchev–Trinajstić information content (AvgIpc) is 3.62. The van der Waals surface area contributed by atoms with Crippen LogP contribution in [-0.2, 0) is 20.1 Å². The van der Waals surface area contributed by atoms with E-state index < -0.39 is 29.7 Å². The van der Waals surface area contributed by atoms with Crippen molar-refractivity contribution in [3.8, 4) is 0 Å². The van der Waals surface area contributed by atoms with Gasteiger partial charge in [-0.3, -0.25) is 29.4 Å². The van der Waals surface area contributed by atoms with Gasteiger partial charge in [0.05, 0.1) is 16.8 Å². The number of thiazole rings is 1. The third-order valence-corrected chi connectivity index (χ3v) is 12.1. The third kappa shape index (κ3) is 3.20. The van der Waals surface area contributed by atoms with Crippen molar-refractivity contribution in [2.75, 3.05) is 0 Å². The lowest BCUT2D eigenvalue weighted by Crippen LogP contribution is -2.59. The Labute approximate surface area is 232 Å². The first kappa shape index (κ1) is 23.8. The summed E-state index contributed by atoms with van der Waals surface area (Å²) in [4.78, 5) is 69.5. The van der Waals surface area contributed by atoms with Gasteiger partial charge in [0.25, 0.3) is 11.8 Å². The molecule has 1 spiro atoms. The van der Waals surface area contributed by atoms with Crippen molar-refractivity contribution >= 4 is 52.7 Å². The van der Waals surface area contributed by atoms with E-state index in [1.54, 1.807) is 18.2 Å². The summed E-state index contributed by atoms with van der Waals surface area (Å²) < 4.78 is 6.16. The van der Waals surface area contributed by atoms with Gasteiger partial charge in [0.1, 0.15) is 11.6 Å². The summed E-state index contributed by atoms with van der Waals surface area (Å²) in [7, 11) is 0. The number of nitrogens with one attached hydrogen (secondary N) is 1. The van der Waals surface area contributed by atoms with Crippen LogP contribution in [0.3, 0.4) is 0 Å². The van der Waals surface area contributed by atoms with Crippen LogP contribution in [0.1, 0.15) is 81.2 Å². The van der Waals surface area contributed by atoms with Crippen molar-refractivity contribution in [1.82, 2.24) is 15.2 Å². The maximum absolute atomic E-state index is 13.3. The van der Waals surface area contributed by atoms with E-state index in [4.69, 9.17) is 4.74 Å². The van der Waals surface area contributed by atoms with Gasteiger partial charge in [-0.1, -0.05) is 6.07 Å². The fourth-order valence-electron chi connectivity index (χ4n) is 8.59. The third-order valence-electron chi connectivity index (χ3n) is 10.1. The number of nitrogens with zero attached hydrogens (tertiary/aromatic N) is 2. The van der Waals surface area contributed by atoms with Gasteiger partial charge in [-0.15, -0.1) is 23.1 Å². The van der Waals surface area contributed by atoms with Gasteiger partial charge in [-0.25, -0.2) is 9.78 Å². The predicted octanol–water partition coefficient (Wildman–Crippen LogP) is 3.57. The molecule has 8 rings (SSSR count). The molecule has 2 bridgehead atoms. The molecule has 3 unspecified atom stereocenters. The number of rotatable bonds is 6. The highest BCUT2D eigenvalue weighted by Crippen LogP contribution is 2.82. The maximum atomic E-state index is 13.3. The van der Waals surface area contributed by atoms with E-state index in [2.05, 4.69) is 10.3 Å². The van der Waals surface area contributed by atoms with Crippen molar-refractivity contribution in [2.24, 2.45) is 23.2 Å². The number of amides is 4. The van der Waals surface area contributed by atoms with Crippen molar-refractivity contribution < 1.29 is 28.7 Å². The Hall–Kier alpha value is -3.05. The molecule has 2 aliphatic heterocycles. The molecule has 11 heteroatoms. The zero-order chi connectivity index (χ0) is 26.7. The number of hydrogen-bond acceptors (Lipinski definition) is 9. The monoisotopic (exact) mass is 563 g/mol. The molecule has 1 aromatic carbocycles. The van der Waals surface area contributed by atoms with E-state index in [0.717, 1.165) is 41.9 Å². The summed E-state index contributed by atoms with van der Waals surface area (Å²) >= 11 is 2.63. The van der Waals surface area contributed by atoms with Crippen LogP contribution in [0.5, 0.6) is 0 Å². The molecule has 1 N–H and O–H groups in total. The molecule has 2 aromatic rings. The first-order valence-electron chi connectivity index (χ1n) is 13.4. The highest BCUT2D eigenvalue weighted by molar-refractivity contribution is 7.98. The lowest BCUT2D eigenvalue weighted by Gasteiger charge is -2.66. The zero-order valence-corrected chi connectivity index (χ0v) is 22.6. The van der Waals surface area contributed by atoms with Crippen LogP contribution in [0.2, 0.25) is 0 Å². The summed E-state index contributed by atoms with van der Waals surface area (Å²) in [6, 6.07) is 4.04. The number of thioether (sulfide) groups is 1. The smallest absolute Gasteiger partial charge is 0.367 e. The Morgan fingerprint density at radius 3 is 2.64 bits per heavy atom. The minimum absolute atomic E-state index is 0.0731. The van der Waals surface area contributed by atoms with Crippen molar-refractivity contribution in [3.05, 3.63) is 45.4 Å². The van der Waals surface area contributed by atoms with Crippen LogP contribution < -0.4 is 5.32 Å². The second-order valence-corrected chi connectivity index (χ2v) is 13.8. The Bertz CT molecular complexity index is 1500. The van der Waals surface area contributed by atoms with Gasteiger partial charge >= 0.3 is 5.97 Å². The Kier molecular flexibility index (Phi) is 4.88. The lowest BCUT2D eigenvalue weighted by molar-refractivity contribution is -0.180. The van der Waals surface area contributed by atoms with Gasteiger partial charge < -0.3 is 4.74 Å². The number of imide groups is 2. The van der Waals surface area contributed by atoms with Crippen LogP contribution in [0.15, 0.2) is 28.5 Å². The van der Waals surface area contributed by atoms with Crippen LogP contribution in [0, 0.1) is 23.2 Å². The summed E-state index contributed by atoms with van der Waals surface area (Å²) in [5.41, 5.74) is 1.38. The predicted molar refractivity (Wildman–Crippen MR) is 139 cm³/mol. The molecule has 39 heavy (non-hydrogen) atoms. The molecule has 0 radical (unpaired) electrons. The molecule has 3 atom stereocenters. The van der Waals surface area contributed by atoms with Crippen LogP contribution >= 0.6 is 23.1 Å². The quantitative estimate of drug-likeness (QED) is 0.322. The van der Waals surface area contributed by atoms with Crippen LogP contribution in [0.4, 0.5) is 0 Å². The van der Waals surface area contributed by atoms with Gasteiger partial charge in [-0.2, -0.15) is 0 Å². The Balaban J connectivity index is 0.956. The normalized spacial score (nSPS) is 35.3. The molecule has 9 nitrogen and oxygen atoms in total. The number of ether oxygens (including phenoxy) is 1. The molecule has 6 aliphatic rings. The van der Waals surface area contributed by atoms with Crippen LogP contribution in [0.25, 0.3) is 0 Å². The van der Waals surface area contributed by atoms with Crippen LogP contribution in [-0.4, -0.2) is 51.1 Å². The lowest BCUT2D eigenvalue weighted by atomic mass is 9.38. The number of carbonyl (C=O) groups excluding carboxylic acids is 5. The number of hydrogen-bond donors (Lipinski definition) is 1. The molecule has 200 valence electrons. The van der Waals surface area contributed by atoms with E-state index in [-0.39, 0.29) is 35.5 Å². The second kappa shape index (κ2) is 8.00. The molecule has 1 saturated heterocycles. The molecule has 3 heterocycles. The summed E-state index contributed by atoms with van der Waals surface area (Å²) in [6.45, 7) is 0. The fourth-order valence-corrected chi connectivity index (χ4v) is 10.4. The van der Waals surface area contributed by atoms with Gasteiger partial charge in [0, 0.05) is 22.4 Å². The molecule has 5 fully saturated rings. The van der Waals surface area contributed by atoms with E-state index in [1.807, 2.05) is 5.38 Å².